The number of anilines is 1. The molecule has 2 rings (SSSR count). The highest BCUT2D eigenvalue weighted by atomic mass is 35.5. The molecule has 4 nitrogen and oxygen atoms in total. The molecule has 1 aromatic rings. The zero-order valence-corrected chi connectivity index (χ0v) is 11.6. The number of nitrogens with one attached hydrogen (secondary N) is 2. The largest absolute Gasteiger partial charge is 0.314 e. The van der Waals surface area contributed by atoms with Crippen LogP contribution in [0.5, 0.6) is 0 Å². The molecule has 1 aromatic heterocycles. The number of hydrogen-bond acceptors (Lipinski definition) is 3. The van der Waals surface area contributed by atoms with E-state index in [0.29, 0.717) is 11.9 Å². The molecule has 2 atom stereocenters. The summed E-state index contributed by atoms with van der Waals surface area (Å²) in [6.07, 6.45) is 3.51. The van der Waals surface area contributed by atoms with Crippen molar-refractivity contribution in [3.05, 3.63) is 23.9 Å². The number of rotatable bonds is 2. The number of piperidine rings is 1. The third kappa shape index (κ3) is 3.68. The van der Waals surface area contributed by atoms with Gasteiger partial charge in [0.05, 0.1) is 0 Å². The highest BCUT2D eigenvalue weighted by molar-refractivity contribution is 5.92. The smallest absolute Gasteiger partial charge is 0.228 e. The van der Waals surface area contributed by atoms with Gasteiger partial charge in [0.15, 0.2) is 0 Å². The van der Waals surface area contributed by atoms with Crippen molar-refractivity contribution in [3.8, 4) is 0 Å². The lowest BCUT2D eigenvalue weighted by Gasteiger charge is -2.27. The molecule has 0 unspecified atom stereocenters. The van der Waals surface area contributed by atoms with Crippen LogP contribution in [-0.4, -0.2) is 23.5 Å². The molecule has 1 aliphatic heterocycles. The van der Waals surface area contributed by atoms with Gasteiger partial charge in [-0.3, -0.25) is 4.79 Å². The first kappa shape index (κ1) is 14.9. The number of carbonyl (C=O) groups is 1. The van der Waals surface area contributed by atoms with Crippen molar-refractivity contribution in [2.24, 2.45) is 5.92 Å². The van der Waals surface area contributed by atoms with Crippen LogP contribution in [0.2, 0.25) is 0 Å². The molecule has 2 N–H and O–H groups in total. The zero-order valence-electron chi connectivity index (χ0n) is 10.8. The van der Waals surface area contributed by atoms with E-state index in [1.165, 1.54) is 0 Å². The lowest BCUT2D eigenvalue weighted by Crippen LogP contribution is -2.40. The zero-order chi connectivity index (χ0) is 12.3. The number of aromatic nitrogens is 1. The van der Waals surface area contributed by atoms with Gasteiger partial charge in [-0.2, -0.15) is 0 Å². The van der Waals surface area contributed by atoms with Gasteiger partial charge in [0.1, 0.15) is 5.82 Å². The van der Waals surface area contributed by atoms with Gasteiger partial charge in [-0.15, -0.1) is 12.4 Å². The summed E-state index contributed by atoms with van der Waals surface area (Å²) in [4.78, 5) is 16.3. The maximum Gasteiger partial charge on any atom is 0.228 e. The molecule has 0 aromatic carbocycles. The molecular weight excluding hydrogens is 250 g/mol. The predicted octanol–water partition coefficient (Wildman–Crippen LogP) is 2.14. The highest BCUT2D eigenvalue weighted by Gasteiger charge is 2.25. The van der Waals surface area contributed by atoms with E-state index in [-0.39, 0.29) is 24.2 Å². The number of hydrogen-bond donors (Lipinski definition) is 2. The van der Waals surface area contributed by atoms with Crippen LogP contribution >= 0.6 is 12.4 Å². The van der Waals surface area contributed by atoms with E-state index in [1.54, 1.807) is 6.20 Å². The van der Waals surface area contributed by atoms with Gasteiger partial charge in [0, 0.05) is 18.2 Å². The van der Waals surface area contributed by atoms with Gasteiger partial charge in [0.25, 0.3) is 0 Å². The average Bonchev–Trinajstić information content (AvgIpc) is 2.32. The molecule has 0 radical (unpaired) electrons. The molecule has 2 heterocycles. The predicted molar refractivity (Wildman–Crippen MR) is 75.0 cm³/mol. The Morgan fingerprint density at radius 2 is 2.33 bits per heavy atom. The van der Waals surface area contributed by atoms with Gasteiger partial charge >= 0.3 is 0 Å². The summed E-state index contributed by atoms with van der Waals surface area (Å²) < 4.78 is 0. The van der Waals surface area contributed by atoms with Crippen molar-refractivity contribution in [2.45, 2.75) is 32.7 Å². The van der Waals surface area contributed by atoms with Crippen LogP contribution in [0.15, 0.2) is 18.3 Å². The summed E-state index contributed by atoms with van der Waals surface area (Å²) in [6.45, 7) is 4.99. The topological polar surface area (TPSA) is 54.0 Å². The van der Waals surface area contributed by atoms with Crippen molar-refractivity contribution in [3.63, 3.8) is 0 Å². The molecule has 100 valence electrons. The summed E-state index contributed by atoms with van der Waals surface area (Å²) in [5, 5.41) is 6.27. The van der Waals surface area contributed by atoms with Crippen molar-refractivity contribution in [1.82, 2.24) is 10.3 Å². The number of amides is 1. The minimum atomic E-state index is 0. The Hall–Kier alpha value is -1.13. The second-order valence-corrected chi connectivity index (χ2v) is 4.73. The number of halogens is 1. The first-order chi connectivity index (χ1) is 8.16. The fourth-order valence-corrected chi connectivity index (χ4v) is 2.21. The quantitative estimate of drug-likeness (QED) is 0.865. The third-order valence-electron chi connectivity index (χ3n) is 3.25. The molecule has 1 fully saturated rings. The number of pyridine rings is 1. The van der Waals surface area contributed by atoms with Crippen LogP contribution in [0.4, 0.5) is 5.82 Å². The lowest BCUT2D eigenvalue weighted by molar-refractivity contribution is -0.120. The number of carbonyl (C=O) groups excluding carboxylic acids is 1. The Labute approximate surface area is 114 Å². The van der Waals surface area contributed by atoms with Crippen LogP contribution in [0.3, 0.4) is 0 Å². The van der Waals surface area contributed by atoms with Crippen molar-refractivity contribution >= 4 is 24.1 Å². The van der Waals surface area contributed by atoms with Crippen LogP contribution in [-0.2, 0) is 4.79 Å². The Morgan fingerprint density at radius 3 is 3.00 bits per heavy atom. The van der Waals surface area contributed by atoms with E-state index < -0.39 is 0 Å². The van der Waals surface area contributed by atoms with E-state index in [1.807, 2.05) is 19.1 Å². The van der Waals surface area contributed by atoms with E-state index >= 15 is 0 Å². The molecular formula is C13H20ClN3O. The Morgan fingerprint density at radius 1 is 1.56 bits per heavy atom. The summed E-state index contributed by atoms with van der Waals surface area (Å²) in [5.41, 5.74) is 1.00. The normalized spacial score (nSPS) is 23.0. The maximum absolute atomic E-state index is 12.1. The molecule has 1 saturated heterocycles. The molecule has 5 heteroatoms. The Balaban J connectivity index is 0.00000162. The molecule has 1 amide bonds. The van der Waals surface area contributed by atoms with Crippen LogP contribution in [0.25, 0.3) is 0 Å². The van der Waals surface area contributed by atoms with Gasteiger partial charge < -0.3 is 10.6 Å². The molecule has 0 saturated carbocycles. The summed E-state index contributed by atoms with van der Waals surface area (Å²) >= 11 is 0. The Kier molecular flexibility index (Phi) is 5.56. The minimum absolute atomic E-state index is 0. The average molecular weight is 270 g/mol. The van der Waals surface area contributed by atoms with Gasteiger partial charge in [-0.25, -0.2) is 4.98 Å². The van der Waals surface area contributed by atoms with Crippen molar-refractivity contribution in [2.75, 3.05) is 11.9 Å². The van der Waals surface area contributed by atoms with Gasteiger partial charge in [0.2, 0.25) is 5.91 Å². The highest BCUT2D eigenvalue weighted by Crippen LogP contribution is 2.19. The van der Waals surface area contributed by atoms with E-state index in [9.17, 15) is 4.79 Å². The van der Waals surface area contributed by atoms with Gasteiger partial charge in [-0.1, -0.05) is 6.07 Å². The van der Waals surface area contributed by atoms with Gasteiger partial charge in [-0.05, 0) is 44.9 Å². The van der Waals surface area contributed by atoms with Crippen LogP contribution in [0.1, 0.15) is 25.3 Å². The summed E-state index contributed by atoms with van der Waals surface area (Å²) in [5.74, 6) is 0.886. The number of aryl methyl sites for hydroxylation is 1. The van der Waals surface area contributed by atoms with E-state index in [4.69, 9.17) is 0 Å². The number of nitrogens with zero attached hydrogens (tertiary/aromatic N) is 1. The van der Waals surface area contributed by atoms with Crippen LogP contribution < -0.4 is 10.6 Å². The lowest BCUT2D eigenvalue weighted by atomic mass is 9.92. The summed E-state index contributed by atoms with van der Waals surface area (Å²) in [6, 6.07) is 4.25. The van der Waals surface area contributed by atoms with Crippen molar-refractivity contribution in [1.29, 1.82) is 0 Å². The fourth-order valence-electron chi connectivity index (χ4n) is 2.21. The van der Waals surface area contributed by atoms with E-state index in [2.05, 4.69) is 22.5 Å². The molecule has 18 heavy (non-hydrogen) atoms. The second-order valence-electron chi connectivity index (χ2n) is 4.73. The molecule has 1 aliphatic rings. The summed E-state index contributed by atoms with van der Waals surface area (Å²) in [7, 11) is 0. The first-order valence-electron chi connectivity index (χ1n) is 6.12. The maximum atomic E-state index is 12.1. The van der Waals surface area contributed by atoms with E-state index in [0.717, 1.165) is 24.9 Å². The molecule has 0 spiro atoms. The SMILES string of the molecule is Cc1cccnc1NC(=O)[C@H]1CCN[C@@H](C)C1.Cl. The van der Waals surface area contributed by atoms with Crippen molar-refractivity contribution < 1.29 is 4.79 Å². The second kappa shape index (κ2) is 6.71. The third-order valence-corrected chi connectivity index (χ3v) is 3.25. The monoisotopic (exact) mass is 269 g/mol. The standard InChI is InChI=1S/C13H19N3O.ClH/c1-9-4-3-6-15-12(9)16-13(17)11-5-7-14-10(2)8-11;/h3-4,6,10-11,14H,5,7-8H2,1-2H3,(H,15,16,17);1H/t10-,11-;/m0./s1. The molecule has 0 aliphatic carbocycles. The van der Waals surface area contributed by atoms with Crippen LogP contribution in [0, 0.1) is 12.8 Å². The first-order valence-corrected chi connectivity index (χ1v) is 6.12. The molecule has 0 bridgehead atoms. The fraction of sp³-hybridized carbons (Fsp3) is 0.538. The Bertz CT molecular complexity index is 411. The minimum Gasteiger partial charge on any atom is -0.314 e.